The molecule has 44 heavy (non-hydrogen) atoms. The number of nitrogens with one attached hydrogen (secondary N) is 1. The standard InChI is InChI=1S/C37H65NO5S/c1-3-5-7-9-11-13-15-16-17-18-19-20-21-23-25-27-29-31-33-37(40)38-35(34-44(41,42)43)36(39)32-30-28-26-24-22-14-12-10-8-6-4-2/h8,10,13,15,17-18,22,24,30,32,35-36,39H,3-7,9,11-12,14,16,19-21,23,25-29,31,33-34H2,1-2H3,(H,38,40)(H,41,42,43)/b10-8+,15-13-,18-17-,24-22+,32-30+. The van der Waals surface area contributed by atoms with Crippen LogP contribution in [-0.2, 0) is 14.9 Å². The van der Waals surface area contributed by atoms with Crippen molar-refractivity contribution in [1.82, 2.24) is 5.32 Å². The summed E-state index contributed by atoms with van der Waals surface area (Å²) in [5.41, 5.74) is 0. The van der Waals surface area contributed by atoms with E-state index in [2.05, 4.69) is 67.8 Å². The van der Waals surface area contributed by atoms with E-state index >= 15 is 0 Å². The fourth-order valence-electron chi connectivity index (χ4n) is 4.75. The molecule has 254 valence electrons. The Morgan fingerprint density at radius 2 is 1.09 bits per heavy atom. The highest BCUT2D eigenvalue weighted by Crippen LogP contribution is 2.11. The van der Waals surface area contributed by atoms with Crippen molar-refractivity contribution in [1.29, 1.82) is 0 Å². The highest BCUT2D eigenvalue weighted by Gasteiger charge is 2.24. The van der Waals surface area contributed by atoms with Gasteiger partial charge in [0.1, 0.15) is 0 Å². The first-order valence-electron chi connectivity index (χ1n) is 17.5. The molecule has 0 aromatic rings. The van der Waals surface area contributed by atoms with Gasteiger partial charge in [-0.3, -0.25) is 9.35 Å². The van der Waals surface area contributed by atoms with Gasteiger partial charge in [-0.05, 0) is 70.6 Å². The van der Waals surface area contributed by atoms with Crippen molar-refractivity contribution in [2.75, 3.05) is 5.75 Å². The van der Waals surface area contributed by atoms with Crippen molar-refractivity contribution in [3.05, 3.63) is 60.8 Å². The zero-order valence-corrected chi connectivity index (χ0v) is 28.8. The second-order valence-electron chi connectivity index (χ2n) is 11.8. The minimum absolute atomic E-state index is 0.273. The predicted molar refractivity (Wildman–Crippen MR) is 188 cm³/mol. The SMILES string of the molecule is CCC/C=C/CC/C=C/CC/C=C/C(O)C(CS(=O)(=O)O)NC(=O)CCCCCCCCC/C=C\C/C=C\CCCCCC. The molecule has 0 saturated carbocycles. The molecule has 0 fully saturated rings. The Morgan fingerprint density at radius 1 is 0.614 bits per heavy atom. The van der Waals surface area contributed by atoms with Gasteiger partial charge in [0, 0.05) is 6.42 Å². The first-order valence-corrected chi connectivity index (χ1v) is 19.1. The lowest BCUT2D eigenvalue weighted by atomic mass is 10.1. The molecule has 0 aromatic carbocycles. The molecular weight excluding hydrogens is 570 g/mol. The number of hydrogen-bond acceptors (Lipinski definition) is 4. The van der Waals surface area contributed by atoms with E-state index in [1.54, 1.807) is 6.08 Å². The minimum Gasteiger partial charge on any atom is -0.387 e. The van der Waals surface area contributed by atoms with Crippen LogP contribution in [0, 0.1) is 0 Å². The normalized spacial score (nSPS) is 14.2. The first-order chi connectivity index (χ1) is 21.3. The smallest absolute Gasteiger partial charge is 0.267 e. The number of carbonyl (C=O) groups excluding carboxylic acids is 1. The van der Waals surface area contributed by atoms with Crippen LogP contribution in [0.25, 0.3) is 0 Å². The Morgan fingerprint density at radius 3 is 1.64 bits per heavy atom. The molecule has 0 aliphatic rings. The minimum atomic E-state index is -4.35. The molecule has 2 atom stereocenters. The molecule has 0 heterocycles. The van der Waals surface area contributed by atoms with Crippen LogP contribution in [-0.4, -0.2) is 41.9 Å². The molecule has 0 aliphatic carbocycles. The predicted octanol–water partition coefficient (Wildman–Crippen LogP) is 9.73. The van der Waals surface area contributed by atoms with E-state index in [0.29, 0.717) is 12.8 Å². The quantitative estimate of drug-likeness (QED) is 0.0414. The van der Waals surface area contributed by atoms with Gasteiger partial charge in [-0.2, -0.15) is 8.42 Å². The molecule has 0 rings (SSSR count). The molecule has 0 radical (unpaired) electrons. The second-order valence-corrected chi connectivity index (χ2v) is 13.3. The molecular formula is C37H65NO5S. The van der Waals surface area contributed by atoms with Crippen LogP contribution in [0.3, 0.4) is 0 Å². The lowest BCUT2D eigenvalue weighted by Crippen LogP contribution is -2.46. The summed E-state index contributed by atoms with van der Waals surface area (Å²) in [5, 5.41) is 13.1. The topological polar surface area (TPSA) is 104 Å². The summed E-state index contributed by atoms with van der Waals surface area (Å²) in [6, 6.07) is -1.08. The van der Waals surface area contributed by atoms with Gasteiger partial charge in [-0.1, -0.05) is 132 Å². The molecule has 1 amide bonds. The maximum atomic E-state index is 12.4. The maximum absolute atomic E-state index is 12.4. The average Bonchev–Trinajstić information content (AvgIpc) is 2.98. The molecule has 7 heteroatoms. The zero-order valence-electron chi connectivity index (χ0n) is 28.0. The van der Waals surface area contributed by atoms with Gasteiger partial charge in [-0.25, -0.2) is 0 Å². The van der Waals surface area contributed by atoms with Crippen molar-refractivity contribution in [2.45, 2.75) is 161 Å². The van der Waals surface area contributed by atoms with Crippen LogP contribution in [0.1, 0.15) is 149 Å². The lowest BCUT2D eigenvalue weighted by Gasteiger charge is -2.21. The third-order valence-corrected chi connectivity index (χ3v) is 8.16. The Labute approximate surface area is 271 Å². The van der Waals surface area contributed by atoms with E-state index in [9.17, 15) is 22.9 Å². The van der Waals surface area contributed by atoms with E-state index in [1.165, 1.54) is 57.4 Å². The van der Waals surface area contributed by atoms with Crippen LogP contribution in [0.2, 0.25) is 0 Å². The number of allylic oxidation sites excluding steroid dienone is 9. The van der Waals surface area contributed by atoms with Gasteiger partial charge in [0.05, 0.1) is 17.9 Å². The summed E-state index contributed by atoms with van der Waals surface area (Å²) in [4.78, 5) is 12.4. The Bertz CT molecular complexity index is 920. The summed E-state index contributed by atoms with van der Waals surface area (Å²) in [5.74, 6) is -1.03. The highest BCUT2D eigenvalue weighted by molar-refractivity contribution is 7.85. The number of carbonyl (C=O) groups is 1. The van der Waals surface area contributed by atoms with E-state index in [0.717, 1.165) is 64.2 Å². The molecule has 2 unspecified atom stereocenters. The van der Waals surface area contributed by atoms with Crippen molar-refractivity contribution in [3.63, 3.8) is 0 Å². The Kier molecular flexibility index (Phi) is 29.7. The van der Waals surface area contributed by atoms with Crippen molar-refractivity contribution in [2.24, 2.45) is 0 Å². The van der Waals surface area contributed by atoms with Crippen LogP contribution in [0.15, 0.2) is 60.8 Å². The lowest BCUT2D eigenvalue weighted by molar-refractivity contribution is -0.122. The van der Waals surface area contributed by atoms with Crippen LogP contribution in [0.4, 0.5) is 0 Å². The van der Waals surface area contributed by atoms with Crippen molar-refractivity contribution < 1.29 is 22.9 Å². The van der Waals surface area contributed by atoms with Gasteiger partial charge in [0.25, 0.3) is 10.1 Å². The summed E-state index contributed by atoms with van der Waals surface area (Å²) < 4.78 is 32.3. The third-order valence-electron chi connectivity index (χ3n) is 7.38. The third kappa shape index (κ3) is 31.5. The second kappa shape index (κ2) is 31.0. The van der Waals surface area contributed by atoms with Crippen LogP contribution < -0.4 is 5.32 Å². The van der Waals surface area contributed by atoms with Gasteiger partial charge in [-0.15, -0.1) is 0 Å². The zero-order chi connectivity index (χ0) is 32.6. The largest absolute Gasteiger partial charge is 0.387 e. The van der Waals surface area contributed by atoms with E-state index in [1.807, 2.05) is 0 Å². The summed E-state index contributed by atoms with van der Waals surface area (Å²) in [6.07, 6.45) is 42.0. The monoisotopic (exact) mass is 635 g/mol. The Balaban J connectivity index is 4.05. The van der Waals surface area contributed by atoms with Crippen molar-refractivity contribution >= 4 is 16.0 Å². The molecule has 3 N–H and O–H groups in total. The molecule has 0 saturated heterocycles. The Hall–Kier alpha value is -1.96. The number of aliphatic hydroxyl groups is 1. The summed E-state index contributed by atoms with van der Waals surface area (Å²) >= 11 is 0. The number of unbranched alkanes of at least 4 members (excludes halogenated alkanes) is 14. The molecule has 0 spiro atoms. The maximum Gasteiger partial charge on any atom is 0.267 e. The summed E-state index contributed by atoms with van der Waals surface area (Å²) in [7, 11) is -4.35. The fraction of sp³-hybridized carbons (Fsp3) is 0.703. The number of hydrogen-bond donors (Lipinski definition) is 3. The summed E-state index contributed by atoms with van der Waals surface area (Å²) in [6.45, 7) is 4.40. The highest BCUT2D eigenvalue weighted by atomic mass is 32.2. The van der Waals surface area contributed by atoms with E-state index in [-0.39, 0.29) is 12.3 Å². The van der Waals surface area contributed by atoms with E-state index < -0.39 is 28.0 Å². The number of amides is 1. The molecule has 0 bridgehead atoms. The van der Waals surface area contributed by atoms with Gasteiger partial charge in [0.2, 0.25) is 5.91 Å². The van der Waals surface area contributed by atoms with Gasteiger partial charge >= 0.3 is 0 Å². The van der Waals surface area contributed by atoms with Crippen LogP contribution >= 0.6 is 0 Å². The fourth-order valence-corrected chi connectivity index (χ4v) is 5.49. The molecule has 6 nitrogen and oxygen atoms in total. The van der Waals surface area contributed by atoms with Crippen LogP contribution in [0.5, 0.6) is 0 Å². The number of aliphatic hydroxyl groups excluding tert-OH is 1. The molecule has 0 aliphatic heterocycles. The van der Waals surface area contributed by atoms with Crippen molar-refractivity contribution in [3.8, 4) is 0 Å². The molecule has 0 aromatic heterocycles. The first kappa shape index (κ1) is 42.0. The average molecular weight is 636 g/mol. The van der Waals surface area contributed by atoms with E-state index in [4.69, 9.17) is 0 Å². The van der Waals surface area contributed by atoms with Gasteiger partial charge < -0.3 is 10.4 Å². The van der Waals surface area contributed by atoms with Gasteiger partial charge in [0.15, 0.2) is 0 Å². The number of rotatable bonds is 30.